The molecule has 193 valence electrons. The molecule has 38 heavy (non-hydrogen) atoms. The first-order valence-corrected chi connectivity index (χ1v) is 24.4. The smallest absolute Gasteiger partial charge is 1.00 e. The number of nitrogens with one attached hydrogen (secondary N) is 1. The standard InChI is InChI=1S/C12H11Si.C11H15NO.C9H7.2ClH.Hf/c1-3-7-11(8-4-1)13-12-9-5-2-6-10-12;1-11(2,3)9-6-4-5-8(7-9)10(12)13;1-2-5-9-7-3-6-8(9)4-1;;;/h1-10,13H;4-7H,1-3H3,(H2,12,13);1-7H;2*1H;/q;;;;;+3/p-3. The second-order valence-electron chi connectivity index (χ2n) is 10.5. The zero-order valence-corrected chi connectivity index (χ0v) is 28.1. The summed E-state index contributed by atoms with van der Waals surface area (Å²) in [5.74, 6) is -1.58. The van der Waals surface area contributed by atoms with Gasteiger partial charge in [0.25, 0.3) is 0 Å². The number of allylic oxidation sites excluding steroid dienone is 1. The average molecular weight is 724 g/mol. The molecule has 1 amide bonds. The van der Waals surface area contributed by atoms with Crippen LogP contribution in [-0.2, 0) is 26.3 Å². The Morgan fingerprint density at radius 2 is 1.34 bits per heavy atom. The second-order valence-corrected chi connectivity index (χ2v) is 30.4. The van der Waals surface area contributed by atoms with Crippen molar-refractivity contribution in [3.05, 3.63) is 138 Å². The van der Waals surface area contributed by atoms with Crippen molar-refractivity contribution in [2.24, 2.45) is 0 Å². The Morgan fingerprint density at radius 1 is 0.763 bits per heavy atom. The van der Waals surface area contributed by atoms with Gasteiger partial charge in [0.15, 0.2) is 0 Å². The van der Waals surface area contributed by atoms with Crippen LogP contribution in [0.5, 0.6) is 0 Å². The van der Waals surface area contributed by atoms with Gasteiger partial charge in [-0.3, -0.25) is 0 Å². The number of carbonyl (C=O) groups excluding carboxylic acids is 1. The van der Waals surface area contributed by atoms with E-state index in [1.54, 1.807) is 0 Å². The van der Waals surface area contributed by atoms with Crippen LogP contribution in [0, 0.1) is 0 Å². The minimum atomic E-state index is -2.94. The zero-order chi connectivity index (χ0) is 25.1. The summed E-state index contributed by atoms with van der Waals surface area (Å²) >= 11 is -2.94. The van der Waals surface area contributed by atoms with Crippen LogP contribution in [0.4, 0.5) is 0 Å². The largest absolute Gasteiger partial charge is 1.00 e. The maximum absolute atomic E-state index is 13.9. The van der Waals surface area contributed by atoms with E-state index in [1.807, 2.05) is 12.1 Å². The van der Waals surface area contributed by atoms with Gasteiger partial charge < -0.3 is 24.8 Å². The van der Waals surface area contributed by atoms with Gasteiger partial charge in [-0.05, 0) is 0 Å². The van der Waals surface area contributed by atoms with Gasteiger partial charge >= 0.3 is 225 Å². The number of rotatable bonds is 6. The predicted molar refractivity (Wildman–Crippen MR) is 150 cm³/mol. The minimum Gasteiger partial charge on any atom is -1.00 e. The summed E-state index contributed by atoms with van der Waals surface area (Å²) in [5, 5.41) is 2.85. The molecular weight excluding hydrogens is 692 g/mol. The molecule has 0 aromatic heterocycles. The number of benzene rings is 4. The van der Waals surface area contributed by atoms with Crippen LogP contribution in [-0.4, -0.2) is 11.9 Å². The van der Waals surface area contributed by atoms with E-state index in [1.165, 1.54) is 27.1 Å². The molecule has 0 aliphatic heterocycles. The van der Waals surface area contributed by atoms with E-state index in [-0.39, 0.29) is 36.1 Å². The van der Waals surface area contributed by atoms with E-state index >= 15 is 0 Å². The van der Waals surface area contributed by atoms with Crippen molar-refractivity contribution in [3.63, 3.8) is 0 Å². The summed E-state index contributed by atoms with van der Waals surface area (Å²) in [5.41, 5.74) is 4.63. The Kier molecular flexibility index (Phi) is 10.5. The fraction of sp³-hybridized carbons (Fsp3) is 0.156. The summed E-state index contributed by atoms with van der Waals surface area (Å²) in [6, 6.07) is 38.8. The third-order valence-corrected chi connectivity index (χ3v) is 33.8. The fourth-order valence-electron chi connectivity index (χ4n) is 5.02. The first-order valence-electron chi connectivity index (χ1n) is 12.6. The van der Waals surface area contributed by atoms with Gasteiger partial charge in [0.1, 0.15) is 0 Å². The summed E-state index contributed by atoms with van der Waals surface area (Å²) in [7, 11) is 0. The molecule has 1 aliphatic rings. The number of halogens is 2. The maximum Gasteiger partial charge on any atom is -1.00 e. The van der Waals surface area contributed by atoms with E-state index in [9.17, 15) is 4.79 Å². The van der Waals surface area contributed by atoms with Crippen molar-refractivity contribution >= 4 is 28.3 Å². The minimum absolute atomic E-state index is 0. The van der Waals surface area contributed by atoms with Crippen molar-refractivity contribution in [2.45, 2.75) is 29.9 Å². The van der Waals surface area contributed by atoms with Gasteiger partial charge in [0.2, 0.25) is 0 Å². The molecule has 0 spiro atoms. The molecule has 1 atom stereocenters. The molecule has 0 saturated carbocycles. The Balaban J connectivity index is 0.00000200. The van der Waals surface area contributed by atoms with Gasteiger partial charge in [0, 0.05) is 0 Å². The molecule has 1 N–H and O–H groups in total. The first kappa shape index (κ1) is 30.3. The molecule has 0 fully saturated rings. The number of hydrogen-bond donors (Lipinski definition) is 1. The number of fused-ring (bicyclic) bond motifs is 1. The van der Waals surface area contributed by atoms with Crippen LogP contribution in [0.3, 0.4) is 0 Å². The van der Waals surface area contributed by atoms with E-state index in [0.717, 1.165) is 5.56 Å². The fourth-order valence-corrected chi connectivity index (χ4v) is 33.9. The van der Waals surface area contributed by atoms with E-state index in [0.29, 0.717) is 3.67 Å². The SMILES string of the molecule is CC(C)(C)c1cccc(C(=O)[NH][Hf+2]([CH]2C=Cc3ccccc32)[SiH](c2ccccc2)c2ccccc2)c1.[Cl-].[Cl-]. The molecule has 0 radical (unpaired) electrons. The van der Waals surface area contributed by atoms with Crippen LogP contribution in [0.25, 0.3) is 6.08 Å². The van der Waals surface area contributed by atoms with Crippen molar-refractivity contribution in [3.8, 4) is 0 Å². The van der Waals surface area contributed by atoms with Crippen LogP contribution >= 0.6 is 0 Å². The van der Waals surface area contributed by atoms with E-state index in [4.69, 9.17) is 0 Å². The number of hydrogen-bond acceptors (Lipinski definition) is 1. The van der Waals surface area contributed by atoms with E-state index in [2.05, 4.69) is 133 Å². The molecule has 2 nitrogen and oxygen atoms in total. The van der Waals surface area contributed by atoms with Crippen LogP contribution in [0.1, 0.15) is 51.5 Å². The molecule has 5 rings (SSSR count). The maximum atomic E-state index is 13.9. The molecule has 1 aliphatic carbocycles. The first-order chi connectivity index (χ1) is 17.4. The van der Waals surface area contributed by atoms with Gasteiger partial charge in [0.05, 0.1) is 0 Å². The summed E-state index contributed by atoms with van der Waals surface area (Å²) in [6.45, 7) is 6.58. The van der Waals surface area contributed by atoms with Crippen molar-refractivity contribution in [1.29, 1.82) is 0 Å². The number of carbonyl (C=O) groups is 1. The van der Waals surface area contributed by atoms with Crippen LogP contribution in [0.2, 0.25) is 0 Å². The molecule has 0 heterocycles. The second kappa shape index (κ2) is 13.2. The average Bonchev–Trinajstić information content (AvgIpc) is 3.33. The predicted octanol–water partition coefficient (Wildman–Crippen LogP) is -0.439. The topological polar surface area (TPSA) is 29.1 Å². The normalized spacial score (nSPS) is 13.7. The third kappa shape index (κ3) is 6.66. The van der Waals surface area contributed by atoms with Crippen molar-refractivity contribution in [2.75, 3.05) is 0 Å². The Bertz CT molecular complexity index is 1350. The molecule has 4 aromatic carbocycles. The number of amides is 1. The molecule has 0 bridgehead atoms. The van der Waals surface area contributed by atoms with Crippen LogP contribution in [0.15, 0.2) is 115 Å². The summed E-state index contributed by atoms with van der Waals surface area (Å²) < 4.78 is 4.11. The summed E-state index contributed by atoms with van der Waals surface area (Å²) in [6.07, 6.45) is 4.64. The van der Waals surface area contributed by atoms with Gasteiger partial charge in [-0.1, -0.05) is 0 Å². The van der Waals surface area contributed by atoms with Crippen molar-refractivity contribution < 1.29 is 50.5 Å². The molecule has 6 heteroatoms. The quantitative estimate of drug-likeness (QED) is 0.269. The zero-order valence-electron chi connectivity index (χ0n) is 21.9. The van der Waals surface area contributed by atoms with Crippen molar-refractivity contribution in [1.82, 2.24) is 3.30 Å². The van der Waals surface area contributed by atoms with E-state index < -0.39 is 26.9 Å². The van der Waals surface area contributed by atoms with Gasteiger partial charge in [-0.2, -0.15) is 0 Å². The molecule has 1 unspecified atom stereocenters. The Hall–Kier alpha value is -2.24. The summed E-state index contributed by atoms with van der Waals surface area (Å²) in [4.78, 5) is 13.9. The Morgan fingerprint density at radius 3 is 1.95 bits per heavy atom. The van der Waals surface area contributed by atoms with Gasteiger partial charge in [-0.25, -0.2) is 0 Å². The van der Waals surface area contributed by atoms with Crippen LogP contribution < -0.4 is 38.5 Å². The molecular formula is C32H32Cl2HfNOSi. The third-order valence-electron chi connectivity index (χ3n) is 6.96. The molecule has 4 aromatic rings. The Labute approximate surface area is 247 Å². The monoisotopic (exact) mass is 724 g/mol. The van der Waals surface area contributed by atoms with Gasteiger partial charge in [-0.15, -0.1) is 0 Å². The molecule has 0 saturated heterocycles.